The van der Waals surface area contributed by atoms with Crippen molar-refractivity contribution in [1.82, 2.24) is 0 Å². The third-order valence-corrected chi connectivity index (χ3v) is 7.69. The molecular formula is C29H60O. The third-order valence-electron chi connectivity index (χ3n) is 7.69. The van der Waals surface area contributed by atoms with E-state index in [1.165, 1.54) is 135 Å². The summed E-state index contributed by atoms with van der Waals surface area (Å²) < 4.78 is 0. The molecular weight excluding hydrogens is 364 g/mol. The van der Waals surface area contributed by atoms with E-state index in [0.29, 0.717) is 17.9 Å². The van der Waals surface area contributed by atoms with E-state index >= 15 is 0 Å². The van der Waals surface area contributed by atoms with Crippen molar-refractivity contribution >= 4 is 0 Å². The van der Waals surface area contributed by atoms with Crippen LogP contribution in [0.4, 0.5) is 0 Å². The lowest BCUT2D eigenvalue weighted by molar-refractivity contribution is 0.0887. The van der Waals surface area contributed by atoms with Gasteiger partial charge in [-0.1, -0.05) is 143 Å². The molecule has 0 bridgehead atoms. The number of unbranched alkanes of at least 4 members (excludes halogenated alkanes) is 15. The van der Waals surface area contributed by atoms with Gasteiger partial charge in [0.2, 0.25) is 0 Å². The first-order valence-electron chi connectivity index (χ1n) is 14.3. The molecule has 0 aliphatic rings. The zero-order valence-electron chi connectivity index (χ0n) is 21.8. The first kappa shape index (κ1) is 30.0. The molecule has 0 saturated heterocycles. The molecule has 0 aliphatic carbocycles. The Hall–Kier alpha value is -0.0400. The molecule has 0 spiro atoms. The van der Waals surface area contributed by atoms with Gasteiger partial charge in [-0.3, -0.25) is 0 Å². The average Bonchev–Trinajstić information content (AvgIpc) is 2.75. The van der Waals surface area contributed by atoms with Gasteiger partial charge in [0.05, 0.1) is 0 Å². The van der Waals surface area contributed by atoms with E-state index in [-0.39, 0.29) is 0 Å². The van der Waals surface area contributed by atoms with Crippen LogP contribution in [0, 0.1) is 11.3 Å². The lowest BCUT2D eigenvalue weighted by Crippen LogP contribution is -2.30. The van der Waals surface area contributed by atoms with Crippen molar-refractivity contribution in [2.24, 2.45) is 11.3 Å². The fraction of sp³-hybridized carbons (Fsp3) is 1.00. The quantitative estimate of drug-likeness (QED) is 0.153. The van der Waals surface area contributed by atoms with Crippen molar-refractivity contribution in [3.63, 3.8) is 0 Å². The minimum atomic E-state index is 0.367. The van der Waals surface area contributed by atoms with Crippen LogP contribution in [0.15, 0.2) is 0 Å². The van der Waals surface area contributed by atoms with E-state index in [1.54, 1.807) is 0 Å². The Morgan fingerprint density at radius 3 is 1.10 bits per heavy atom. The van der Waals surface area contributed by atoms with E-state index in [2.05, 4.69) is 27.7 Å². The van der Waals surface area contributed by atoms with Gasteiger partial charge in [0.25, 0.3) is 0 Å². The topological polar surface area (TPSA) is 20.2 Å². The predicted molar refractivity (Wildman–Crippen MR) is 137 cm³/mol. The van der Waals surface area contributed by atoms with Crippen molar-refractivity contribution in [3.8, 4) is 0 Å². The summed E-state index contributed by atoms with van der Waals surface area (Å²) in [6.45, 7) is 9.75. The Bertz CT molecular complexity index is 284. The first-order valence-corrected chi connectivity index (χ1v) is 14.3. The molecule has 0 radical (unpaired) electrons. The van der Waals surface area contributed by atoms with Gasteiger partial charge in [-0.25, -0.2) is 0 Å². The molecule has 0 saturated carbocycles. The minimum absolute atomic E-state index is 0.367. The van der Waals surface area contributed by atoms with E-state index in [9.17, 15) is 5.11 Å². The van der Waals surface area contributed by atoms with E-state index in [0.717, 1.165) is 6.42 Å². The molecule has 0 aliphatic heterocycles. The highest BCUT2D eigenvalue weighted by atomic mass is 16.3. The third kappa shape index (κ3) is 15.7. The maximum absolute atomic E-state index is 9.71. The second kappa shape index (κ2) is 22.2. The van der Waals surface area contributed by atoms with Crippen LogP contribution in [-0.4, -0.2) is 11.7 Å². The second-order valence-corrected chi connectivity index (χ2v) is 10.3. The Morgan fingerprint density at radius 1 is 0.500 bits per heavy atom. The van der Waals surface area contributed by atoms with Crippen LogP contribution in [0.3, 0.4) is 0 Å². The Kier molecular flexibility index (Phi) is 22.1. The van der Waals surface area contributed by atoms with Crippen LogP contribution in [0.5, 0.6) is 0 Å². The molecule has 0 aromatic heterocycles. The maximum Gasteiger partial charge on any atom is 0.0433 e. The summed E-state index contributed by atoms with van der Waals surface area (Å²) in [7, 11) is 0. The predicted octanol–water partition coefficient (Wildman–Crippen LogP) is 10.2. The molecule has 0 amide bonds. The smallest absolute Gasteiger partial charge is 0.0433 e. The number of aliphatic hydroxyl groups excluding tert-OH is 1. The molecule has 0 heterocycles. The molecule has 1 atom stereocenters. The van der Waals surface area contributed by atoms with E-state index in [1.807, 2.05) is 0 Å². The Labute approximate surface area is 192 Å². The van der Waals surface area contributed by atoms with Crippen LogP contribution >= 0.6 is 0 Å². The van der Waals surface area contributed by atoms with Crippen LogP contribution in [0.2, 0.25) is 0 Å². The van der Waals surface area contributed by atoms with Crippen molar-refractivity contribution in [2.45, 2.75) is 169 Å². The maximum atomic E-state index is 9.71. The molecule has 0 aromatic rings. The fourth-order valence-electron chi connectivity index (χ4n) is 5.39. The lowest BCUT2D eigenvalue weighted by Gasteiger charge is -2.40. The summed E-state index contributed by atoms with van der Waals surface area (Å²) in [5.74, 6) is 0.671. The standard InChI is InChI=1S/C29H60O/c1-5-8-11-14-17-20-24-29(28(4)23-27-30,25-21-18-15-12-9-6-2)26-22-19-16-13-10-7-3/h28,30H,5-27H2,1-4H3. The average molecular weight is 425 g/mol. The molecule has 1 nitrogen and oxygen atoms in total. The van der Waals surface area contributed by atoms with Gasteiger partial charge in [-0.05, 0) is 37.0 Å². The van der Waals surface area contributed by atoms with E-state index < -0.39 is 0 Å². The van der Waals surface area contributed by atoms with Gasteiger partial charge >= 0.3 is 0 Å². The van der Waals surface area contributed by atoms with Gasteiger partial charge < -0.3 is 5.11 Å². The molecule has 0 aromatic carbocycles. The minimum Gasteiger partial charge on any atom is -0.396 e. The molecule has 0 fully saturated rings. The molecule has 0 rings (SSSR count). The molecule has 30 heavy (non-hydrogen) atoms. The Morgan fingerprint density at radius 2 is 0.800 bits per heavy atom. The van der Waals surface area contributed by atoms with Crippen LogP contribution < -0.4 is 0 Å². The summed E-state index contributed by atoms with van der Waals surface area (Å²) in [5.41, 5.74) is 0.489. The van der Waals surface area contributed by atoms with Gasteiger partial charge in [0.15, 0.2) is 0 Å². The van der Waals surface area contributed by atoms with Crippen molar-refractivity contribution in [2.75, 3.05) is 6.61 Å². The van der Waals surface area contributed by atoms with Gasteiger partial charge in [0.1, 0.15) is 0 Å². The number of hydrogen-bond donors (Lipinski definition) is 1. The van der Waals surface area contributed by atoms with E-state index in [4.69, 9.17) is 0 Å². The van der Waals surface area contributed by atoms with Crippen LogP contribution in [-0.2, 0) is 0 Å². The lowest BCUT2D eigenvalue weighted by atomic mass is 9.65. The summed E-state index contributed by atoms with van der Waals surface area (Å²) in [6, 6.07) is 0. The van der Waals surface area contributed by atoms with Gasteiger partial charge in [0, 0.05) is 6.61 Å². The molecule has 182 valence electrons. The summed E-state index contributed by atoms with van der Waals surface area (Å²) in [6.07, 6.45) is 30.5. The van der Waals surface area contributed by atoms with Gasteiger partial charge in [-0.2, -0.15) is 0 Å². The van der Waals surface area contributed by atoms with Crippen molar-refractivity contribution in [3.05, 3.63) is 0 Å². The highest BCUT2D eigenvalue weighted by Crippen LogP contribution is 2.45. The fourth-order valence-corrected chi connectivity index (χ4v) is 5.39. The number of aliphatic hydroxyl groups is 1. The highest BCUT2D eigenvalue weighted by molar-refractivity contribution is 4.85. The van der Waals surface area contributed by atoms with Crippen molar-refractivity contribution in [1.29, 1.82) is 0 Å². The molecule has 1 unspecified atom stereocenters. The highest BCUT2D eigenvalue weighted by Gasteiger charge is 2.34. The number of rotatable bonds is 24. The zero-order valence-corrected chi connectivity index (χ0v) is 21.8. The van der Waals surface area contributed by atoms with Crippen LogP contribution in [0.1, 0.15) is 169 Å². The SMILES string of the molecule is CCCCCCCCC(CCCCCCCC)(CCCCCCCC)C(C)CCO. The van der Waals surface area contributed by atoms with Crippen LogP contribution in [0.25, 0.3) is 0 Å². The summed E-state index contributed by atoms with van der Waals surface area (Å²) in [5, 5.41) is 9.71. The second-order valence-electron chi connectivity index (χ2n) is 10.3. The summed E-state index contributed by atoms with van der Waals surface area (Å²) >= 11 is 0. The van der Waals surface area contributed by atoms with Gasteiger partial charge in [-0.15, -0.1) is 0 Å². The molecule has 1 N–H and O–H groups in total. The summed E-state index contributed by atoms with van der Waals surface area (Å²) in [4.78, 5) is 0. The zero-order chi connectivity index (χ0) is 22.3. The van der Waals surface area contributed by atoms with Crippen molar-refractivity contribution < 1.29 is 5.11 Å². The molecule has 1 heteroatoms. The largest absolute Gasteiger partial charge is 0.396 e. The number of hydrogen-bond acceptors (Lipinski definition) is 1. The normalized spacial score (nSPS) is 13.1. The monoisotopic (exact) mass is 424 g/mol. The first-order chi connectivity index (χ1) is 14.7. The Balaban J connectivity index is 4.75.